The van der Waals surface area contributed by atoms with E-state index in [1.54, 1.807) is 67.7 Å². The molecule has 38 heavy (non-hydrogen) atoms. The molecule has 1 aliphatic carbocycles. The van der Waals surface area contributed by atoms with E-state index >= 15 is 0 Å². The van der Waals surface area contributed by atoms with Crippen molar-refractivity contribution >= 4 is 34.9 Å². The Morgan fingerprint density at radius 3 is 2.34 bits per heavy atom. The van der Waals surface area contributed by atoms with E-state index in [0.29, 0.717) is 44.4 Å². The number of esters is 1. The van der Waals surface area contributed by atoms with E-state index in [0.717, 1.165) is 4.57 Å². The van der Waals surface area contributed by atoms with Crippen molar-refractivity contribution < 1.29 is 14.3 Å². The van der Waals surface area contributed by atoms with Gasteiger partial charge in [0.1, 0.15) is 11.6 Å². The van der Waals surface area contributed by atoms with Crippen molar-refractivity contribution in [2.75, 3.05) is 5.32 Å². The van der Waals surface area contributed by atoms with Gasteiger partial charge in [0.05, 0.1) is 16.8 Å². The molecule has 3 aromatic carbocycles. The predicted molar refractivity (Wildman–Crippen MR) is 143 cm³/mol. The fraction of sp³-hybridized carbons (Fsp3) is 0.103. The SMILES string of the molecule is Cn1c2c(c(=O)n(C)c1=O)[C@@H](c1cccc(OC(=O)c3ccc(Cl)cc3)c1)C1=C(N2)c2ccccc2C1=O. The van der Waals surface area contributed by atoms with Crippen molar-refractivity contribution in [3.63, 3.8) is 0 Å². The van der Waals surface area contributed by atoms with Crippen LogP contribution in [0.5, 0.6) is 5.75 Å². The summed E-state index contributed by atoms with van der Waals surface area (Å²) >= 11 is 5.92. The molecule has 2 heterocycles. The number of anilines is 1. The van der Waals surface area contributed by atoms with Crippen LogP contribution in [0.25, 0.3) is 5.70 Å². The topological polar surface area (TPSA) is 99.4 Å². The highest BCUT2D eigenvalue weighted by atomic mass is 35.5. The Morgan fingerprint density at radius 2 is 1.61 bits per heavy atom. The average molecular weight is 526 g/mol. The molecule has 0 spiro atoms. The lowest BCUT2D eigenvalue weighted by atomic mass is 9.81. The largest absolute Gasteiger partial charge is 0.423 e. The standard InChI is InChI=1S/C29H20ClN3O5/c1-32-26-23(27(35)33(2)29(32)37)21(22-24(31-26)19-8-3-4-9-20(19)25(22)34)16-6-5-7-18(14-16)38-28(36)15-10-12-17(30)13-11-15/h3-14,21,31H,1-2H3/t21-/m0/s1. The maximum Gasteiger partial charge on any atom is 0.343 e. The first-order valence-electron chi connectivity index (χ1n) is 11.8. The molecule has 8 nitrogen and oxygen atoms in total. The van der Waals surface area contributed by atoms with Crippen LogP contribution in [0.1, 0.15) is 43.3 Å². The number of hydrogen-bond acceptors (Lipinski definition) is 6. The van der Waals surface area contributed by atoms with Gasteiger partial charge in [0.2, 0.25) is 0 Å². The summed E-state index contributed by atoms with van der Waals surface area (Å²) in [6, 6.07) is 20.2. The quantitative estimate of drug-likeness (QED) is 0.319. The summed E-state index contributed by atoms with van der Waals surface area (Å²) in [7, 11) is 2.98. The normalized spacial score (nSPS) is 15.4. The number of ether oxygens (including phenoxy) is 1. The third-order valence-corrected chi connectivity index (χ3v) is 7.21. The Morgan fingerprint density at radius 1 is 0.895 bits per heavy atom. The number of aromatic nitrogens is 2. The third kappa shape index (κ3) is 3.53. The minimum atomic E-state index is -0.805. The molecule has 1 aromatic heterocycles. The molecule has 1 atom stereocenters. The number of fused-ring (bicyclic) bond motifs is 3. The zero-order valence-corrected chi connectivity index (χ0v) is 21.1. The molecule has 2 aliphatic rings. The minimum Gasteiger partial charge on any atom is -0.423 e. The first-order chi connectivity index (χ1) is 18.3. The minimum absolute atomic E-state index is 0.210. The molecular formula is C29H20ClN3O5. The highest BCUT2D eigenvalue weighted by Crippen LogP contribution is 2.48. The zero-order chi connectivity index (χ0) is 26.7. The van der Waals surface area contributed by atoms with Gasteiger partial charge in [-0.05, 0) is 42.0 Å². The van der Waals surface area contributed by atoms with Crippen LogP contribution in [0.3, 0.4) is 0 Å². The molecule has 0 saturated carbocycles. The number of halogens is 1. The van der Waals surface area contributed by atoms with Crippen LogP contribution in [0.2, 0.25) is 5.02 Å². The van der Waals surface area contributed by atoms with Crippen LogP contribution in [0.4, 0.5) is 5.82 Å². The average Bonchev–Trinajstić information content (AvgIpc) is 3.21. The summed E-state index contributed by atoms with van der Waals surface area (Å²) in [6.45, 7) is 0. The predicted octanol–water partition coefficient (Wildman–Crippen LogP) is 4.12. The molecule has 9 heteroatoms. The van der Waals surface area contributed by atoms with E-state index in [1.807, 2.05) is 12.1 Å². The molecule has 6 rings (SSSR count). The van der Waals surface area contributed by atoms with Gasteiger partial charge in [-0.3, -0.25) is 18.7 Å². The number of benzene rings is 3. The second-order valence-electron chi connectivity index (χ2n) is 9.16. The first-order valence-corrected chi connectivity index (χ1v) is 12.2. The summed E-state index contributed by atoms with van der Waals surface area (Å²) in [5.41, 5.74) is 2.30. The van der Waals surface area contributed by atoms with E-state index in [-0.39, 0.29) is 17.1 Å². The maximum absolute atomic E-state index is 13.7. The molecule has 0 fully saturated rings. The number of allylic oxidation sites excluding steroid dienone is 1. The van der Waals surface area contributed by atoms with Gasteiger partial charge >= 0.3 is 11.7 Å². The molecule has 0 unspecified atom stereocenters. The Hall–Kier alpha value is -4.69. The second-order valence-corrected chi connectivity index (χ2v) is 9.59. The summed E-state index contributed by atoms with van der Waals surface area (Å²) in [5, 5.41) is 3.70. The molecular weight excluding hydrogens is 506 g/mol. The molecule has 1 aliphatic heterocycles. The Labute approximate surface area is 221 Å². The van der Waals surface area contributed by atoms with Crippen molar-refractivity contribution in [3.8, 4) is 5.75 Å². The van der Waals surface area contributed by atoms with Gasteiger partial charge in [0.15, 0.2) is 5.78 Å². The van der Waals surface area contributed by atoms with Gasteiger partial charge < -0.3 is 10.1 Å². The van der Waals surface area contributed by atoms with Crippen molar-refractivity contribution in [2.24, 2.45) is 14.1 Å². The summed E-state index contributed by atoms with van der Waals surface area (Å²) in [6.07, 6.45) is 0. The molecule has 0 amide bonds. The van der Waals surface area contributed by atoms with Crippen LogP contribution in [0.15, 0.2) is 88.0 Å². The van der Waals surface area contributed by atoms with Gasteiger partial charge in [-0.1, -0.05) is 48.0 Å². The van der Waals surface area contributed by atoms with Gasteiger partial charge in [0.25, 0.3) is 5.56 Å². The Bertz CT molecular complexity index is 1830. The van der Waals surface area contributed by atoms with Gasteiger partial charge in [-0.15, -0.1) is 0 Å². The fourth-order valence-electron chi connectivity index (χ4n) is 5.10. The molecule has 0 saturated heterocycles. The van der Waals surface area contributed by atoms with E-state index in [1.165, 1.54) is 11.6 Å². The number of rotatable bonds is 3. The summed E-state index contributed by atoms with van der Waals surface area (Å²) < 4.78 is 8.01. The molecule has 0 bridgehead atoms. The number of nitrogens with one attached hydrogen (secondary N) is 1. The molecule has 4 aromatic rings. The fourth-order valence-corrected chi connectivity index (χ4v) is 5.23. The number of Topliss-reactive ketones (excluding diaryl/α,β-unsaturated/α-hetero) is 1. The maximum atomic E-state index is 13.7. The monoisotopic (exact) mass is 525 g/mol. The number of hydrogen-bond donors (Lipinski definition) is 1. The van der Waals surface area contributed by atoms with Crippen LogP contribution >= 0.6 is 11.6 Å². The lowest BCUT2D eigenvalue weighted by Crippen LogP contribution is -2.42. The number of carbonyl (C=O) groups is 2. The molecule has 1 N–H and O–H groups in total. The Balaban J connectivity index is 1.52. The smallest absolute Gasteiger partial charge is 0.343 e. The van der Waals surface area contributed by atoms with Crippen LogP contribution in [0, 0.1) is 0 Å². The second kappa shape index (κ2) is 8.71. The zero-order valence-electron chi connectivity index (χ0n) is 20.3. The van der Waals surface area contributed by atoms with E-state index in [2.05, 4.69) is 5.32 Å². The van der Waals surface area contributed by atoms with Gasteiger partial charge in [-0.25, -0.2) is 9.59 Å². The number of ketones is 1. The van der Waals surface area contributed by atoms with Crippen LogP contribution < -0.4 is 21.3 Å². The van der Waals surface area contributed by atoms with Crippen molar-refractivity contribution in [1.29, 1.82) is 0 Å². The van der Waals surface area contributed by atoms with E-state index in [9.17, 15) is 19.2 Å². The number of nitrogens with zero attached hydrogens (tertiary/aromatic N) is 2. The molecule has 188 valence electrons. The number of carbonyl (C=O) groups excluding carboxylic acids is 2. The third-order valence-electron chi connectivity index (χ3n) is 6.96. The lowest BCUT2D eigenvalue weighted by molar-refractivity contribution is 0.0734. The van der Waals surface area contributed by atoms with Crippen molar-refractivity contribution in [3.05, 3.63) is 132 Å². The van der Waals surface area contributed by atoms with Gasteiger partial charge in [-0.2, -0.15) is 0 Å². The highest BCUT2D eigenvalue weighted by molar-refractivity contribution is 6.30. The summed E-state index contributed by atoms with van der Waals surface area (Å²) in [5.74, 6) is -1.03. The van der Waals surface area contributed by atoms with Crippen molar-refractivity contribution in [1.82, 2.24) is 9.13 Å². The Kier molecular flexibility index (Phi) is 5.43. The van der Waals surface area contributed by atoms with Gasteiger partial charge in [0, 0.05) is 41.7 Å². The van der Waals surface area contributed by atoms with E-state index in [4.69, 9.17) is 16.3 Å². The summed E-state index contributed by atoms with van der Waals surface area (Å²) in [4.78, 5) is 52.7. The lowest BCUT2D eigenvalue weighted by Gasteiger charge is -2.29. The van der Waals surface area contributed by atoms with E-state index < -0.39 is 23.1 Å². The first kappa shape index (κ1) is 23.7. The van der Waals surface area contributed by atoms with Crippen molar-refractivity contribution in [2.45, 2.75) is 5.92 Å². The van der Waals surface area contributed by atoms with Crippen LogP contribution in [-0.4, -0.2) is 20.9 Å². The highest BCUT2D eigenvalue weighted by Gasteiger charge is 2.42. The van der Waals surface area contributed by atoms with Crippen LogP contribution in [-0.2, 0) is 14.1 Å². The molecule has 0 radical (unpaired) electrons.